The lowest BCUT2D eigenvalue weighted by Crippen LogP contribution is -2.25. The third-order valence-electron chi connectivity index (χ3n) is 2.76. The number of anilines is 1. The molecule has 0 spiro atoms. The van der Waals surface area contributed by atoms with Gasteiger partial charge in [0.25, 0.3) is 5.91 Å². The Labute approximate surface area is 134 Å². The maximum Gasteiger partial charge on any atom is 0.259 e. The van der Waals surface area contributed by atoms with Crippen molar-refractivity contribution in [3.05, 3.63) is 46.2 Å². The van der Waals surface area contributed by atoms with Gasteiger partial charge in [0.05, 0.1) is 19.4 Å². The maximum absolute atomic E-state index is 11.7. The molecule has 0 fully saturated rings. The van der Waals surface area contributed by atoms with Gasteiger partial charge in [-0.25, -0.2) is 5.43 Å². The van der Waals surface area contributed by atoms with Crippen molar-refractivity contribution in [1.82, 2.24) is 5.43 Å². The SMILES string of the molecule is CCOc1ccc(NCC(=O)N/N=C\c2ccc(C)s2)cc1. The lowest BCUT2D eigenvalue weighted by atomic mass is 10.3. The number of benzene rings is 1. The highest BCUT2D eigenvalue weighted by atomic mass is 32.1. The third kappa shape index (κ3) is 5.21. The number of amides is 1. The van der Waals surface area contributed by atoms with E-state index in [0.29, 0.717) is 6.61 Å². The smallest absolute Gasteiger partial charge is 0.259 e. The lowest BCUT2D eigenvalue weighted by molar-refractivity contribution is -0.119. The molecule has 5 nitrogen and oxygen atoms in total. The number of aryl methyl sites for hydroxylation is 1. The van der Waals surface area contributed by atoms with E-state index in [1.54, 1.807) is 17.6 Å². The molecule has 0 bridgehead atoms. The molecule has 0 saturated carbocycles. The van der Waals surface area contributed by atoms with E-state index in [0.717, 1.165) is 16.3 Å². The molecule has 0 aliphatic heterocycles. The van der Waals surface area contributed by atoms with Crippen LogP contribution >= 0.6 is 11.3 Å². The summed E-state index contributed by atoms with van der Waals surface area (Å²) in [5.74, 6) is 0.617. The van der Waals surface area contributed by atoms with Gasteiger partial charge in [0.2, 0.25) is 0 Å². The lowest BCUT2D eigenvalue weighted by Gasteiger charge is -2.07. The van der Waals surface area contributed by atoms with Gasteiger partial charge in [0.15, 0.2) is 0 Å². The minimum Gasteiger partial charge on any atom is -0.494 e. The molecular weight excluding hydrogens is 298 g/mol. The predicted octanol–water partition coefficient (Wildman–Crippen LogP) is 3.02. The average molecular weight is 317 g/mol. The second-order valence-corrected chi connectivity index (χ2v) is 5.87. The molecule has 2 rings (SSSR count). The van der Waals surface area contributed by atoms with Gasteiger partial charge in [-0.15, -0.1) is 11.3 Å². The van der Waals surface area contributed by atoms with Gasteiger partial charge in [-0.2, -0.15) is 5.10 Å². The van der Waals surface area contributed by atoms with Crippen LogP contribution in [0.2, 0.25) is 0 Å². The van der Waals surface area contributed by atoms with Crippen LogP contribution in [0.5, 0.6) is 5.75 Å². The number of carbonyl (C=O) groups is 1. The Hall–Kier alpha value is -2.34. The molecule has 1 aromatic carbocycles. The molecule has 0 saturated heterocycles. The van der Waals surface area contributed by atoms with E-state index in [1.807, 2.05) is 50.2 Å². The van der Waals surface area contributed by atoms with Gasteiger partial charge in [-0.05, 0) is 50.2 Å². The Bertz CT molecular complexity index is 635. The first-order chi connectivity index (χ1) is 10.7. The molecule has 2 aromatic rings. The summed E-state index contributed by atoms with van der Waals surface area (Å²) in [6.07, 6.45) is 1.65. The first-order valence-corrected chi connectivity index (χ1v) is 7.84. The molecule has 0 aliphatic carbocycles. The van der Waals surface area contributed by atoms with Gasteiger partial charge >= 0.3 is 0 Å². The Balaban J connectivity index is 1.74. The highest BCUT2D eigenvalue weighted by Gasteiger charge is 2.00. The summed E-state index contributed by atoms with van der Waals surface area (Å²) in [5, 5.41) is 6.96. The molecule has 0 unspecified atom stereocenters. The van der Waals surface area contributed by atoms with Crippen LogP contribution in [-0.2, 0) is 4.79 Å². The van der Waals surface area contributed by atoms with E-state index < -0.39 is 0 Å². The molecule has 6 heteroatoms. The number of carbonyl (C=O) groups excluding carboxylic acids is 1. The topological polar surface area (TPSA) is 62.7 Å². The van der Waals surface area contributed by atoms with E-state index in [1.165, 1.54) is 4.88 Å². The normalized spacial score (nSPS) is 10.6. The van der Waals surface area contributed by atoms with Crippen LogP contribution in [-0.4, -0.2) is 25.3 Å². The van der Waals surface area contributed by atoms with Crippen molar-refractivity contribution in [2.75, 3.05) is 18.5 Å². The summed E-state index contributed by atoms with van der Waals surface area (Å²) in [5.41, 5.74) is 3.35. The molecule has 1 amide bonds. The van der Waals surface area contributed by atoms with E-state index in [2.05, 4.69) is 15.8 Å². The molecule has 0 radical (unpaired) electrons. The van der Waals surface area contributed by atoms with E-state index in [9.17, 15) is 4.79 Å². The Morgan fingerprint density at radius 1 is 1.27 bits per heavy atom. The highest BCUT2D eigenvalue weighted by Crippen LogP contribution is 2.15. The second-order valence-electron chi connectivity index (χ2n) is 4.55. The summed E-state index contributed by atoms with van der Waals surface area (Å²) >= 11 is 1.63. The average Bonchev–Trinajstić information content (AvgIpc) is 2.92. The number of nitrogens with zero attached hydrogens (tertiary/aromatic N) is 1. The van der Waals surface area contributed by atoms with Crippen molar-refractivity contribution in [2.24, 2.45) is 5.10 Å². The zero-order chi connectivity index (χ0) is 15.8. The van der Waals surface area contributed by atoms with Crippen molar-refractivity contribution in [3.63, 3.8) is 0 Å². The molecule has 0 atom stereocenters. The molecular formula is C16H19N3O2S. The largest absolute Gasteiger partial charge is 0.494 e. The molecule has 1 heterocycles. The van der Waals surface area contributed by atoms with Crippen molar-refractivity contribution in [2.45, 2.75) is 13.8 Å². The summed E-state index contributed by atoms with van der Waals surface area (Å²) < 4.78 is 5.36. The number of ether oxygens (including phenoxy) is 1. The van der Waals surface area contributed by atoms with Crippen molar-refractivity contribution < 1.29 is 9.53 Å². The zero-order valence-electron chi connectivity index (χ0n) is 12.6. The molecule has 2 N–H and O–H groups in total. The standard InChI is InChI=1S/C16H19N3O2S/c1-3-21-14-7-5-13(6-8-14)17-11-16(20)19-18-10-15-9-4-12(2)22-15/h4-10,17H,3,11H2,1-2H3,(H,19,20)/b18-10-. The summed E-state index contributed by atoms with van der Waals surface area (Å²) in [7, 11) is 0. The fourth-order valence-corrected chi connectivity index (χ4v) is 2.50. The van der Waals surface area contributed by atoms with E-state index in [4.69, 9.17) is 4.74 Å². The summed E-state index contributed by atoms with van der Waals surface area (Å²) in [6, 6.07) is 11.4. The third-order valence-corrected chi connectivity index (χ3v) is 3.70. The minimum atomic E-state index is -0.196. The fraction of sp³-hybridized carbons (Fsp3) is 0.250. The van der Waals surface area contributed by atoms with Crippen LogP contribution in [0.1, 0.15) is 16.7 Å². The van der Waals surface area contributed by atoms with Crippen molar-refractivity contribution in [3.8, 4) is 5.75 Å². The number of nitrogens with one attached hydrogen (secondary N) is 2. The van der Waals surface area contributed by atoms with Gasteiger partial charge in [-0.1, -0.05) is 0 Å². The van der Waals surface area contributed by atoms with Crippen LogP contribution in [0.4, 0.5) is 5.69 Å². The highest BCUT2D eigenvalue weighted by molar-refractivity contribution is 7.13. The van der Waals surface area contributed by atoms with E-state index >= 15 is 0 Å². The van der Waals surface area contributed by atoms with Gasteiger partial charge < -0.3 is 10.1 Å². The number of thiophene rings is 1. The summed E-state index contributed by atoms with van der Waals surface area (Å²) in [4.78, 5) is 13.9. The monoisotopic (exact) mass is 317 g/mol. The Morgan fingerprint density at radius 3 is 2.68 bits per heavy atom. The fourth-order valence-electron chi connectivity index (χ4n) is 1.75. The molecule has 1 aromatic heterocycles. The van der Waals surface area contributed by atoms with Crippen LogP contribution < -0.4 is 15.5 Å². The zero-order valence-corrected chi connectivity index (χ0v) is 13.4. The van der Waals surface area contributed by atoms with Crippen LogP contribution in [0.3, 0.4) is 0 Å². The maximum atomic E-state index is 11.7. The van der Waals surface area contributed by atoms with Crippen LogP contribution in [0.25, 0.3) is 0 Å². The van der Waals surface area contributed by atoms with E-state index in [-0.39, 0.29) is 12.5 Å². The van der Waals surface area contributed by atoms with Gasteiger partial charge in [0.1, 0.15) is 5.75 Å². The number of rotatable bonds is 7. The van der Waals surface area contributed by atoms with Crippen molar-refractivity contribution >= 4 is 29.1 Å². The molecule has 22 heavy (non-hydrogen) atoms. The van der Waals surface area contributed by atoms with Crippen LogP contribution in [0, 0.1) is 6.92 Å². The number of hydrogen-bond donors (Lipinski definition) is 2. The first kappa shape index (κ1) is 16.0. The molecule has 116 valence electrons. The Morgan fingerprint density at radius 2 is 2.05 bits per heavy atom. The number of hydrazone groups is 1. The second kappa shape index (κ2) is 8.19. The number of hydrogen-bond acceptors (Lipinski definition) is 5. The predicted molar refractivity (Wildman–Crippen MR) is 90.9 cm³/mol. The quantitative estimate of drug-likeness (QED) is 0.609. The van der Waals surface area contributed by atoms with Crippen molar-refractivity contribution in [1.29, 1.82) is 0 Å². The van der Waals surface area contributed by atoms with Gasteiger partial charge in [0, 0.05) is 15.4 Å². The summed E-state index contributed by atoms with van der Waals surface area (Å²) in [6.45, 7) is 4.77. The first-order valence-electron chi connectivity index (χ1n) is 7.02. The van der Waals surface area contributed by atoms with Crippen LogP contribution in [0.15, 0.2) is 41.5 Å². The minimum absolute atomic E-state index is 0.161. The van der Waals surface area contributed by atoms with Gasteiger partial charge in [-0.3, -0.25) is 4.79 Å². The molecule has 0 aliphatic rings. The Kier molecular flexibility index (Phi) is 5.97.